The van der Waals surface area contributed by atoms with Crippen LogP contribution in [-0.2, 0) is 0 Å². The molecule has 0 saturated carbocycles. The van der Waals surface area contributed by atoms with Crippen molar-refractivity contribution in [3.8, 4) is 17.6 Å². The fraction of sp³-hybridized carbons (Fsp3) is 0.0667. The quantitative estimate of drug-likeness (QED) is 0.724. The van der Waals surface area contributed by atoms with E-state index in [2.05, 4.69) is 27.8 Å². The molecule has 0 N–H and O–H groups in total. The first-order chi connectivity index (χ1) is 8.28. The first-order valence-electron chi connectivity index (χ1n) is 5.19. The molecule has 0 aliphatic heterocycles. The lowest BCUT2D eigenvalue weighted by Crippen LogP contribution is -1.82. The zero-order chi connectivity index (χ0) is 12.1. The number of halogens is 1. The fourth-order valence-corrected chi connectivity index (χ4v) is 1.78. The molecule has 84 valence electrons. The van der Waals surface area contributed by atoms with Crippen LogP contribution in [0.4, 0.5) is 0 Å². The highest BCUT2D eigenvalue weighted by atomic mass is 79.9. The van der Waals surface area contributed by atoms with Crippen LogP contribution in [0.2, 0.25) is 0 Å². The zero-order valence-electron chi connectivity index (χ0n) is 9.41. The molecule has 0 aliphatic rings. The molecular formula is C15H11BrO. The summed E-state index contributed by atoms with van der Waals surface area (Å²) in [6.45, 7) is 0. The second kappa shape index (κ2) is 5.56. The van der Waals surface area contributed by atoms with Crippen molar-refractivity contribution in [1.82, 2.24) is 0 Å². The standard InChI is InChI=1S/C15H11BrO/c1-17-15-9-7-12(8-10-15)5-6-13-3-2-4-14(16)11-13/h2-4,7-11H,1H3. The van der Waals surface area contributed by atoms with Crippen molar-refractivity contribution in [3.05, 3.63) is 64.1 Å². The molecule has 0 spiro atoms. The molecule has 0 heterocycles. The van der Waals surface area contributed by atoms with Gasteiger partial charge >= 0.3 is 0 Å². The Morgan fingerprint density at radius 3 is 2.29 bits per heavy atom. The number of benzene rings is 2. The SMILES string of the molecule is COc1ccc(C#Cc2cccc(Br)c2)cc1. The van der Waals surface area contributed by atoms with Gasteiger partial charge in [0.2, 0.25) is 0 Å². The molecule has 0 saturated heterocycles. The van der Waals surface area contributed by atoms with Gasteiger partial charge in [-0.3, -0.25) is 0 Å². The molecule has 0 aliphatic carbocycles. The van der Waals surface area contributed by atoms with Gasteiger partial charge in [0, 0.05) is 15.6 Å². The van der Waals surface area contributed by atoms with Crippen LogP contribution >= 0.6 is 15.9 Å². The highest BCUT2D eigenvalue weighted by molar-refractivity contribution is 9.10. The van der Waals surface area contributed by atoms with E-state index in [1.54, 1.807) is 7.11 Å². The fourth-order valence-electron chi connectivity index (χ4n) is 1.38. The first-order valence-corrected chi connectivity index (χ1v) is 5.99. The van der Waals surface area contributed by atoms with E-state index >= 15 is 0 Å². The lowest BCUT2D eigenvalue weighted by molar-refractivity contribution is 0.415. The van der Waals surface area contributed by atoms with Crippen molar-refractivity contribution >= 4 is 15.9 Å². The van der Waals surface area contributed by atoms with Gasteiger partial charge in [0.25, 0.3) is 0 Å². The smallest absolute Gasteiger partial charge is 0.118 e. The van der Waals surface area contributed by atoms with E-state index in [0.29, 0.717) is 0 Å². The summed E-state index contributed by atoms with van der Waals surface area (Å²) in [5.41, 5.74) is 1.97. The molecule has 2 aromatic carbocycles. The molecule has 0 fully saturated rings. The molecule has 2 aromatic rings. The second-order valence-electron chi connectivity index (χ2n) is 3.49. The van der Waals surface area contributed by atoms with E-state index < -0.39 is 0 Å². The summed E-state index contributed by atoms with van der Waals surface area (Å²) in [4.78, 5) is 0. The maximum Gasteiger partial charge on any atom is 0.118 e. The summed E-state index contributed by atoms with van der Waals surface area (Å²) in [6.07, 6.45) is 0. The van der Waals surface area contributed by atoms with E-state index in [-0.39, 0.29) is 0 Å². The summed E-state index contributed by atoms with van der Waals surface area (Å²) in [5.74, 6) is 7.08. The molecule has 0 radical (unpaired) electrons. The van der Waals surface area contributed by atoms with Crippen LogP contribution in [0.1, 0.15) is 11.1 Å². The van der Waals surface area contributed by atoms with Gasteiger partial charge in [0.05, 0.1) is 7.11 Å². The van der Waals surface area contributed by atoms with Crippen molar-refractivity contribution in [3.63, 3.8) is 0 Å². The van der Waals surface area contributed by atoms with Gasteiger partial charge in [-0.25, -0.2) is 0 Å². The molecule has 1 nitrogen and oxygen atoms in total. The van der Waals surface area contributed by atoms with Crippen molar-refractivity contribution in [2.24, 2.45) is 0 Å². The summed E-state index contributed by atoms with van der Waals surface area (Å²) < 4.78 is 6.13. The Balaban J connectivity index is 2.20. The van der Waals surface area contributed by atoms with E-state index in [1.807, 2.05) is 48.5 Å². The van der Waals surface area contributed by atoms with Crippen LogP contribution in [0.5, 0.6) is 5.75 Å². The lowest BCUT2D eigenvalue weighted by Gasteiger charge is -1.97. The third kappa shape index (κ3) is 3.37. The zero-order valence-corrected chi connectivity index (χ0v) is 11.0. The Bertz CT molecular complexity index is 561. The highest BCUT2D eigenvalue weighted by Gasteiger charge is 1.91. The topological polar surface area (TPSA) is 9.23 Å². The van der Waals surface area contributed by atoms with Gasteiger partial charge in [-0.15, -0.1) is 0 Å². The number of hydrogen-bond acceptors (Lipinski definition) is 1. The Morgan fingerprint density at radius 2 is 1.65 bits per heavy atom. The van der Waals surface area contributed by atoms with Crippen LogP contribution in [-0.4, -0.2) is 7.11 Å². The van der Waals surface area contributed by atoms with E-state index in [4.69, 9.17) is 4.74 Å². The second-order valence-corrected chi connectivity index (χ2v) is 4.40. The number of methoxy groups -OCH3 is 1. The summed E-state index contributed by atoms with van der Waals surface area (Å²) in [6, 6.07) is 15.7. The minimum absolute atomic E-state index is 0.845. The van der Waals surface area contributed by atoms with Gasteiger partial charge in [0.1, 0.15) is 5.75 Å². The Morgan fingerprint density at radius 1 is 0.941 bits per heavy atom. The Hall–Kier alpha value is -1.72. The molecule has 0 bridgehead atoms. The van der Waals surface area contributed by atoms with Gasteiger partial charge in [-0.05, 0) is 42.5 Å². The monoisotopic (exact) mass is 286 g/mol. The molecule has 17 heavy (non-hydrogen) atoms. The molecule has 0 aromatic heterocycles. The maximum atomic E-state index is 5.09. The molecule has 0 atom stereocenters. The van der Waals surface area contributed by atoms with E-state index in [1.165, 1.54) is 0 Å². The van der Waals surface area contributed by atoms with Gasteiger partial charge in [-0.2, -0.15) is 0 Å². The maximum absolute atomic E-state index is 5.09. The van der Waals surface area contributed by atoms with Crippen LogP contribution in [0.15, 0.2) is 53.0 Å². The molecule has 0 amide bonds. The van der Waals surface area contributed by atoms with E-state index in [0.717, 1.165) is 21.3 Å². The average Bonchev–Trinajstić information content (AvgIpc) is 2.37. The minimum atomic E-state index is 0.845. The first kappa shape index (κ1) is 11.8. The number of ether oxygens (including phenoxy) is 1. The third-order valence-electron chi connectivity index (χ3n) is 2.27. The molecule has 2 heteroatoms. The average molecular weight is 287 g/mol. The van der Waals surface area contributed by atoms with Crippen LogP contribution in [0.25, 0.3) is 0 Å². The van der Waals surface area contributed by atoms with E-state index in [9.17, 15) is 0 Å². The highest BCUT2D eigenvalue weighted by Crippen LogP contribution is 2.12. The Kier molecular flexibility index (Phi) is 3.85. The molecule has 0 unspecified atom stereocenters. The van der Waals surface area contributed by atoms with Gasteiger partial charge < -0.3 is 4.74 Å². The predicted octanol–water partition coefficient (Wildman–Crippen LogP) is 3.86. The van der Waals surface area contributed by atoms with Crippen LogP contribution in [0, 0.1) is 11.8 Å². The largest absolute Gasteiger partial charge is 0.497 e. The minimum Gasteiger partial charge on any atom is -0.497 e. The van der Waals surface area contributed by atoms with Gasteiger partial charge in [0.15, 0.2) is 0 Å². The van der Waals surface area contributed by atoms with Crippen LogP contribution in [0.3, 0.4) is 0 Å². The summed E-state index contributed by atoms with van der Waals surface area (Å²) in [5, 5.41) is 0. The molecular weight excluding hydrogens is 276 g/mol. The summed E-state index contributed by atoms with van der Waals surface area (Å²) >= 11 is 3.42. The molecule has 2 rings (SSSR count). The summed E-state index contributed by atoms with van der Waals surface area (Å²) in [7, 11) is 1.65. The normalized spacial score (nSPS) is 9.29. The number of rotatable bonds is 1. The van der Waals surface area contributed by atoms with Crippen LogP contribution < -0.4 is 4.74 Å². The third-order valence-corrected chi connectivity index (χ3v) is 2.76. The predicted molar refractivity (Wildman–Crippen MR) is 73.1 cm³/mol. The van der Waals surface area contributed by atoms with Crippen molar-refractivity contribution in [2.45, 2.75) is 0 Å². The number of hydrogen-bond donors (Lipinski definition) is 0. The van der Waals surface area contributed by atoms with Crippen molar-refractivity contribution < 1.29 is 4.74 Å². The van der Waals surface area contributed by atoms with Crippen molar-refractivity contribution in [1.29, 1.82) is 0 Å². The Labute approximate surface area is 110 Å². The van der Waals surface area contributed by atoms with Gasteiger partial charge in [-0.1, -0.05) is 33.8 Å². The lowest BCUT2D eigenvalue weighted by atomic mass is 10.2. The van der Waals surface area contributed by atoms with Crippen molar-refractivity contribution in [2.75, 3.05) is 7.11 Å².